The molecule has 0 aliphatic carbocycles. The van der Waals surface area contributed by atoms with E-state index in [2.05, 4.69) is 23.9 Å². The summed E-state index contributed by atoms with van der Waals surface area (Å²) in [6.07, 6.45) is 1.54. The molecule has 1 N–H and O–H groups in total. The highest BCUT2D eigenvalue weighted by molar-refractivity contribution is 14.1. The van der Waals surface area contributed by atoms with Crippen molar-refractivity contribution >= 4 is 69.1 Å². The Morgan fingerprint density at radius 1 is 1.14 bits per heavy atom. The Labute approximate surface area is 226 Å². The summed E-state index contributed by atoms with van der Waals surface area (Å²) in [4.78, 5) is 50.3. The number of nitrogens with zero attached hydrogens (tertiary/aromatic N) is 1. The molecule has 3 amide bonds. The van der Waals surface area contributed by atoms with Crippen LogP contribution in [0.5, 0.6) is 11.5 Å². The number of rotatable bonds is 9. The van der Waals surface area contributed by atoms with Crippen molar-refractivity contribution in [2.24, 2.45) is 0 Å². The zero-order chi connectivity index (χ0) is 26.4. The van der Waals surface area contributed by atoms with Crippen LogP contribution in [-0.4, -0.2) is 55.3 Å². The molecule has 1 saturated heterocycles. The van der Waals surface area contributed by atoms with Crippen molar-refractivity contribution in [1.82, 2.24) is 4.90 Å². The standard InChI is InChI=1S/C25H25IN2O7S/c1-14(2)16-5-7-17(8-6-16)27-21(29)12-28-24(31)20(36-25(28)32)11-15-9-18(26)23(19(10-15)33-3)35-13-22(30)34-4/h5-11,14H,12-13H2,1-4H3,(H,27,29)/b20-11-. The smallest absolute Gasteiger partial charge is 0.343 e. The van der Waals surface area contributed by atoms with Crippen LogP contribution in [-0.2, 0) is 19.1 Å². The zero-order valence-electron chi connectivity index (χ0n) is 20.1. The molecule has 2 aromatic rings. The first-order valence-corrected chi connectivity index (χ1v) is 12.7. The second-order valence-electron chi connectivity index (χ2n) is 7.99. The molecule has 3 rings (SSSR count). The van der Waals surface area contributed by atoms with E-state index >= 15 is 0 Å². The summed E-state index contributed by atoms with van der Waals surface area (Å²) in [5.74, 6) is -0.508. The SMILES string of the molecule is COC(=O)COc1c(I)cc(/C=C2\SC(=O)N(CC(=O)Nc3ccc(C(C)C)cc3)C2=O)cc1OC. The Bertz CT molecular complexity index is 1210. The molecule has 2 aromatic carbocycles. The van der Waals surface area contributed by atoms with Crippen LogP contribution in [0.4, 0.5) is 10.5 Å². The minimum absolute atomic E-state index is 0.176. The fraction of sp³-hybridized carbons (Fsp3) is 0.280. The Morgan fingerprint density at radius 2 is 1.83 bits per heavy atom. The molecule has 1 aliphatic heterocycles. The monoisotopic (exact) mass is 624 g/mol. The topological polar surface area (TPSA) is 111 Å². The average molecular weight is 624 g/mol. The maximum Gasteiger partial charge on any atom is 0.343 e. The van der Waals surface area contributed by atoms with Gasteiger partial charge in [0.1, 0.15) is 6.54 Å². The number of amides is 3. The highest BCUT2D eigenvalue weighted by Crippen LogP contribution is 2.37. The molecule has 9 nitrogen and oxygen atoms in total. The highest BCUT2D eigenvalue weighted by atomic mass is 127. The molecule has 1 heterocycles. The van der Waals surface area contributed by atoms with Gasteiger partial charge in [-0.3, -0.25) is 19.3 Å². The molecule has 0 unspecified atom stereocenters. The third kappa shape index (κ3) is 6.78. The first kappa shape index (κ1) is 27.5. The number of halogens is 1. The minimum Gasteiger partial charge on any atom is -0.493 e. The zero-order valence-corrected chi connectivity index (χ0v) is 23.1. The number of anilines is 1. The van der Waals surface area contributed by atoms with Crippen LogP contribution in [0.1, 0.15) is 30.9 Å². The van der Waals surface area contributed by atoms with Gasteiger partial charge < -0.3 is 19.5 Å². The van der Waals surface area contributed by atoms with Crippen molar-refractivity contribution in [2.45, 2.75) is 19.8 Å². The van der Waals surface area contributed by atoms with E-state index in [1.165, 1.54) is 14.2 Å². The van der Waals surface area contributed by atoms with Gasteiger partial charge in [-0.1, -0.05) is 26.0 Å². The number of benzene rings is 2. The lowest BCUT2D eigenvalue weighted by Crippen LogP contribution is -2.36. The maximum atomic E-state index is 12.9. The van der Waals surface area contributed by atoms with Gasteiger partial charge in [0, 0.05) is 5.69 Å². The van der Waals surface area contributed by atoms with Crippen LogP contribution >= 0.6 is 34.4 Å². The Kier molecular flexibility index (Phi) is 9.37. The van der Waals surface area contributed by atoms with Crippen LogP contribution in [0.15, 0.2) is 41.3 Å². The van der Waals surface area contributed by atoms with Crippen LogP contribution in [0.2, 0.25) is 0 Å². The quantitative estimate of drug-likeness (QED) is 0.244. The van der Waals surface area contributed by atoms with Crippen molar-refractivity contribution in [3.05, 3.63) is 56.0 Å². The van der Waals surface area contributed by atoms with Crippen molar-refractivity contribution in [3.63, 3.8) is 0 Å². The third-order valence-electron chi connectivity index (χ3n) is 5.15. The Hall–Kier alpha value is -3.06. The number of hydrogen-bond donors (Lipinski definition) is 1. The lowest BCUT2D eigenvalue weighted by atomic mass is 10.0. The Balaban J connectivity index is 1.71. The predicted octanol–water partition coefficient (Wildman–Crippen LogP) is 4.65. The van der Waals surface area contributed by atoms with E-state index in [9.17, 15) is 19.2 Å². The molecule has 1 fully saturated rings. The van der Waals surface area contributed by atoms with Gasteiger partial charge in [0.25, 0.3) is 11.1 Å². The first-order chi connectivity index (χ1) is 17.1. The number of ether oxygens (including phenoxy) is 3. The van der Waals surface area contributed by atoms with Gasteiger partial charge in [-0.25, -0.2) is 4.79 Å². The average Bonchev–Trinajstić information content (AvgIpc) is 3.10. The van der Waals surface area contributed by atoms with Gasteiger partial charge in [-0.2, -0.15) is 0 Å². The van der Waals surface area contributed by atoms with Crippen molar-refractivity contribution in [3.8, 4) is 11.5 Å². The molecular weight excluding hydrogens is 599 g/mol. The number of hydrogen-bond acceptors (Lipinski definition) is 8. The number of imide groups is 1. The van der Waals surface area contributed by atoms with Gasteiger partial charge in [-0.15, -0.1) is 0 Å². The molecule has 0 saturated carbocycles. The van der Waals surface area contributed by atoms with E-state index in [1.54, 1.807) is 30.3 Å². The summed E-state index contributed by atoms with van der Waals surface area (Å²) in [5, 5.41) is 2.18. The van der Waals surface area contributed by atoms with Crippen molar-refractivity contribution < 1.29 is 33.4 Å². The van der Waals surface area contributed by atoms with E-state index in [-0.39, 0.29) is 11.5 Å². The number of thioether (sulfide) groups is 1. The summed E-state index contributed by atoms with van der Waals surface area (Å²) >= 11 is 2.77. The largest absolute Gasteiger partial charge is 0.493 e. The molecule has 190 valence electrons. The number of carbonyl (C=O) groups excluding carboxylic acids is 4. The van der Waals surface area contributed by atoms with E-state index in [1.807, 2.05) is 34.7 Å². The second kappa shape index (κ2) is 12.3. The lowest BCUT2D eigenvalue weighted by Gasteiger charge is -2.13. The maximum absolute atomic E-state index is 12.9. The van der Waals surface area contributed by atoms with E-state index in [0.29, 0.717) is 32.2 Å². The third-order valence-corrected chi connectivity index (χ3v) is 6.86. The molecule has 0 radical (unpaired) electrons. The summed E-state index contributed by atoms with van der Waals surface area (Å²) in [6, 6.07) is 10.8. The predicted molar refractivity (Wildman–Crippen MR) is 145 cm³/mol. The number of methoxy groups -OCH3 is 2. The summed E-state index contributed by atoms with van der Waals surface area (Å²) in [6.45, 7) is 3.47. The first-order valence-electron chi connectivity index (χ1n) is 10.8. The fourth-order valence-corrected chi connectivity index (χ4v) is 4.86. The Morgan fingerprint density at radius 3 is 2.44 bits per heavy atom. The molecule has 0 spiro atoms. The van der Waals surface area contributed by atoms with Crippen LogP contribution in [0.25, 0.3) is 6.08 Å². The second-order valence-corrected chi connectivity index (χ2v) is 10.1. The molecule has 1 aliphatic rings. The molecule has 36 heavy (non-hydrogen) atoms. The van der Waals surface area contributed by atoms with Crippen molar-refractivity contribution in [1.29, 1.82) is 0 Å². The number of esters is 1. The van der Waals surface area contributed by atoms with Gasteiger partial charge in [0.05, 0.1) is 22.7 Å². The van der Waals surface area contributed by atoms with Crippen LogP contribution in [0, 0.1) is 3.57 Å². The molecule has 0 atom stereocenters. The molecule has 11 heteroatoms. The van der Waals surface area contributed by atoms with Crippen LogP contribution in [0.3, 0.4) is 0 Å². The van der Waals surface area contributed by atoms with E-state index in [4.69, 9.17) is 9.47 Å². The highest BCUT2D eigenvalue weighted by Gasteiger charge is 2.36. The normalized spacial score (nSPS) is 14.4. The minimum atomic E-state index is -0.560. The lowest BCUT2D eigenvalue weighted by molar-refractivity contribution is -0.143. The summed E-state index contributed by atoms with van der Waals surface area (Å²) < 4.78 is 16.1. The van der Waals surface area contributed by atoms with E-state index in [0.717, 1.165) is 22.2 Å². The number of carbonyl (C=O) groups is 4. The fourth-order valence-electron chi connectivity index (χ4n) is 3.24. The van der Waals surface area contributed by atoms with Crippen LogP contribution < -0.4 is 14.8 Å². The molecular formula is C25H25IN2O7S. The van der Waals surface area contributed by atoms with Gasteiger partial charge in [-0.05, 0) is 81.7 Å². The molecule has 0 bridgehead atoms. The van der Waals surface area contributed by atoms with Gasteiger partial charge in [0.15, 0.2) is 18.1 Å². The number of nitrogens with one attached hydrogen (secondary N) is 1. The summed E-state index contributed by atoms with van der Waals surface area (Å²) in [7, 11) is 2.71. The molecule has 0 aromatic heterocycles. The summed E-state index contributed by atoms with van der Waals surface area (Å²) in [5.41, 5.74) is 2.31. The van der Waals surface area contributed by atoms with Gasteiger partial charge in [0.2, 0.25) is 5.91 Å². The van der Waals surface area contributed by atoms with Gasteiger partial charge >= 0.3 is 5.97 Å². The van der Waals surface area contributed by atoms with Crippen molar-refractivity contribution in [2.75, 3.05) is 32.7 Å². The van der Waals surface area contributed by atoms with E-state index < -0.39 is 29.6 Å².